The van der Waals surface area contributed by atoms with Crippen LogP contribution in [0.15, 0.2) is 109 Å². The molecule has 2 radical (unpaired) electrons. The summed E-state index contributed by atoms with van der Waals surface area (Å²) in [7, 11) is 0.815. The first-order valence-corrected chi connectivity index (χ1v) is 13.3. The van der Waals surface area contributed by atoms with Crippen molar-refractivity contribution in [1.82, 2.24) is 4.57 Å². The molecule has 160 valence electrons. The molecule has 0 atom stereocenters. The number of benzene rings is 5. The lowest BCUT2D eigenvalue weighted by Gasteiger charge is -2.11. The Hall–Kier alpha value is -3.88. The van der Waals surface area contributed by atoms with Crippen LogP contribution in [0.1, 0.15) is 11.1 Å². The van der Waals surface area contributed by atoms with Gasteiger partial charge in [-0.15, -0.1) is 0 Å². The molecule has 1 nitrogen and oxygen atoms in total. The highest BCUT2D eigenvalue weighted by molar-refractivity contribution is 6.52. The van der Waals surface area contributed by atoms with Gasteiger partial charge < -0.3 is 4.57 Å². The largest absolute Gasteiger partial charge is 0.309 e. The van der Waals surface area contributed by atoms with E-state index in [4.69, 9.17) is 0 Å². The van der Waals surface area contributed by atoms with Crippen molar-refractivity contribution < 1.29 is 0 Å². The maximum Gasteiger partial charge on any atom is 0.0773 e. The fraction of sp³-hybridized carbons (Fsp3) is 0.0625. The second-order valence-electron chi connectivity index (χ2n) is 9.09. The van der Waals surface area contributed by atoms with Gasteiger partial charge in [0.25, 0.3) is 0 Å². The maximum atomic E-state index is 2.42. The first kappa shape index (κ1) is 19.6. The van der Waals surface area contributed by atoms with Gasteiger partial charge in [-0.25, -0.2) is 0 Å². The number of hydrogen-bond donors (Lipinski definition) is 0. The molecule has 1 aromatic heterocycles. The van der Waals surface area contributed by atoms with E-state index in [1.165, 1.54) is 66.1 Å². The topological polar surface area (TPSA) is 4.93 Å². The van der Waals surface area contributed by atoms with E-state index in [9.17, 15) is 0 Å². The Balaban J connectivity index is 1.41. The van der Waals surface area contributed by atoms with Gasteiger partial charge in [0.2, 0.25) is 0 Å². The van der Waals surface area contributed by atoms with Crippen molar-refractivity contribution >= 4 is 36.5 Å². The Kier molecular flexibility index (Phi) is 4.36. The minimum absolute atomic E-state index is 0.815. The fourth-order valence-corrected chi connectivity index (χ4v) is 6.09. The highest BCUT2D eigenvalue weighted by Gasteiger charge is 2.21. The van der Waals surface area contributed by atoms with Gasteiger partial charge in [-0.1, -0.05) is 90.6 Å². The summed E-state index contributed by atoms with van der Waals surface area (Å²) < 4.78 is 2.42. The third-order valence-electron chi connectivity index (χ3n) is 7.20. The Morgan fingerprint density at radius 1 is 0.588 bits per heavy atom. The predicted molar refractivity (Wildman–Crippen MR) is 146 cm³/mol. The number of aromatic nitrogens is 1. The van der Waals surface area contributed by atoms with Crippen LogP contribution in [-0.4, -0.2) is 14.1 Å². The highest BCUT2D eigenvalue weighted by atomic mass is 28.2. The van der Waals surface area contributed by atoms with E-state index >= 15 is 0 Å². The van der Waals surface area contributed by atoms with Crippen molar-refractivity contribution in [3.63, 3.8) is 0 Å². The molecule has 34 heavy (non-hydrogen) atoms. The van der Waals surface area contributed by atoms with Crippen molar-refractivity contribution in [2.45, 2.75) is 13.0 Å². The molecule has 0 saturated heterocycles. The van der Waals surface area contributed by atoms with Gasteiger partial charge in [0.1, 0.15) is 0 Å². The van der Waals surface area contributed by atoms with Crippen LogP contribution in [0, 0.1) is 0 Å². The summed E-state index contributed by atoms with van der Waals surface area (Å²) in [5.74, 6) is 0. The number of fused-ring (bicyclic) bond motifs is 6. The first-order valence-electron chi connectivity index (χ1n) is 11.8. The second-order valence-corrected chi connectivity index (χ2v) is 10.2. The zero-order valence-electron chi connectivity index (χ0n) is 19.0. The van der Waals surface area contributed by atoms with E-state index in [2.05, 4.69) is 120 Å². The van der Waals surface area contributed by atoms with E-state index in [0.717, 1.165) is 15.9 Å². The minimum Gasteiger partial charge on any atom is -0.309 e. The van der Waals surface area contributed by atoms with Crippen molar-refractivity contribution in [3.05, 3.63) is 120 Å². The predicted octanol–water partition coefficient (Wildman–Crippen LogP) is 7.40. The molecule has 1 heterocycles. The number of rotatable bonds is 3. The van der Waals surface area contributed by atoms with Gasteiger partial charge in [-0.2, -0.15) is 0 Å². The average Bonchev–Trinajstić information content (AvgIpc) is 3.43. The highest BCUT2D eigenvalue weighted by Crippen LogP contribution is 2.41. The smallest absolute Gasteiger partial charge is 0.0773 e. The van der Waals surface area contributed by atoms with Crippen molar-refractivity contribution in [1.29, 1.82) is 0 Å². The summed E-state index contributed by atoms with van der Waals surface area (Å²) in [5, 5.41) is 4.02. The zero-order chi connectivity index (χ0) is 22.6. The van der Waals surface area contributed by atoms with Crippen LogP contribution in [0.2, 0.25) is 6.55 Å². The van der Waals surface area contributed by atoms with Gasteiger partial charge in [-0.3, -0.25) is 0 Å². The number of nitrogens with zero attached hydrogens (tertiary/aromatic N) is 1. The van der Waals surface area contributed by atoms with Crippen LogP contribution in [-0.2, 0) is 6.42 Å². The Morgan fingerprint density at radius 3 is 1.97 bits per heavy atom. The van der Waals surface area contributed by atoms with Crippen LogP contribution < -0.4 is 5.19 Å². The SMILES string of the molecule is C[Si]c1cccc(-c2ccc3c(c2)-c2cc(-n4c5ccccc5c5ccccc54)ccc2C3)c1. The Bertz CT molecular complexity index is 1670. The van der Waals surface area contributed by atoms with Gasteiger partial charge >= 0.3 is 0 Å². The summed E-state index contributed by atoms with van der Waals surface area (Å²) in [6.07, 6.45) is 1.01. The number of para-hydroxylation sites is 2. The molecule has 0 unspecified atom stereocenters. The van der Waals surface area contributed by atoms with Crippen LogP contribution >= 0.6 is 0 Å². The summed E-state index contributed by atoms with van der Waals surface area (Å²) in [6.45, 7) is 2.24. The van der Waals surface area contributed by atoms with E-state index in [0.29, 0.717) is 0 Å². The molecule has 0 bridgehead atoms. The van der Waals surface area contributed by atoms with Crippen molar-refractivity contribution in [2.24, 2.45) is 0 Å². The molecule has 6 aromatic rings. The van der Waals surface area contributed by atoms with Gasteiger partial charge in [0.15, 0.2) is 0 Å². The van der Waals surface area contributed by atoms with Crippen LogP contribution in [0.25, 0.3) is 49.7 Å². The third kappa shape index (κ3) is 2.92. The minimum atomic E-state index is 0.815. The fourth-order valence-electron chi connectivity index (χ4n) is 5.53. The van der Waals surface area contributed by atoms with Crippen molar-refractivity contribution in [2.75, 3.05) is 0 Å². The van der Waals surface area contributed by atoms with Crippen LogP contribution in [0.3, 0.4) is 0 Å². The molecule has 1 aliphatic rings. The molecular weight excluding hydrogens is 426 g/mol. The lowest BCUT2D eigenvalue weighted by molar-refractivity contribution is 1.17. The normalized spacial score (nSPS) is 12.3. The van der Waals surface area contributed by atoms with Gasteiger partial charge in [0, 0.05) is 16.5 Å². The van der Waals surface area contributed by atoms with E-state index in [-0.39, 0.29) is 0 Å². The van der Waals surface area contributed by atoms with Crippen molar-refractivity contribution in [3.8, 4) is 27.9 Å². The quantitative estimate of drug-likeness (QED) is 0.248. The average molecular weight is 450 g/mol. The molecule has 2 heteroatoms. The Labute approximate surface area is 202 Å². The molecule has 0 amide bonds. The second kappa shape index (κ2) is 7.58. The molecule has 0 saturated carbocycles. The maximum absolute atomic E-state index is 2.42. The summed E-state index contributed by atoms with van der Waals surface area (Å²) in [5.41, 5.74) is 11.9. The van der Waals surface area contributed by atoms with Crippen LogP contribution in [0.5, 0.6) is 0 Å². The lowest BCUT2D eigenvalue weighted by Crippen LogP contribution is -2.09. The van der Waals surface area contributed by atoms with Crippen LogP contribution in [0.4, 0.5) is 0 Å². The lowest BCUT2D eigenvalue weighted by atomic mass is 9.98. The van der Waals surface area contributed by atoms with E-state index in [1.54, 1.807) is 0 Å². The molecule has 0 N–H and O–H groups in total. The molecule has 0 fully saturated rings. The van der Waals surface area contributed by atoms with Gasteiger partial charge in [-0.05, 0) is 70.1 Å². The third-order valence-corrected chi connectivity index (χ3v) is 8.09. The monoisotopic (exact) mass is 449 g/mol. The Morgan fingerprint density at radius 2 is 1.24 bits per heavy atom. The molecule has 5 aromatic carbocycles. The molecular formula is C32H23NSi. The number of hydrogen-bond acceptors (Lipinski definition) is 0. The molecule has 0 aliphatic heterocycles. The molecule has 7 rings (SSSR count). The summed E-state index contributed by atoms with van der Waals surface area (Å²) in [4.78, 5) is 0. The molecule has 1 aliphatic carbocycles. The summed E-state index contributed by atoms with van der Waals surface area (Å²) >= 11 is 0. The first-order chi connectivity index (χ1) is 16.8. The standard InChI is InChI=1S/C32H23NSi/c1-34-26-8-6-7-21(18-26)22-13-14-23-17-24-15-16-25(20-30(24)29(23)19-22)33-31-11-4-2-9-27(31)28-10-3-5-12-32(28)33/h2-16,18-20H,17H2,1H3. The molecule has 0 spiro atoms. The van der Waals surface area contributed by atoms with Gasteiger partial charge in [0.05, 0.1) is 20.6 Å². The van der Waals surface area contributed by atoms with E-state index < -0.39 is 0 Å². The van der Waals surface area contributed by atoms with E-state index in [1.807, 2.05) is 0 Å². The summed E-state index contributed by atoms with van der Waals surface area (Å²) in [6, 6.07) is 40.5. The zero-order valence-corrected chi connectivity index (χ0v) is 20.0.